The first-order chi connectivity index (χ1) is 17.0. The third-order valence-corrected chi connectivity index (χ3v) is 5.82. The minimum absolute atomic E-state index is 0.124. The Morgan fingerprint density at radius 2 is 1.63 bits per heavy atom. The maximum absolute atomic E-state index is 12.7. The Hall–Kier alpha value is -4.16. The number of para-hydroxylation sites is 1. The van der Waals surface area contributed by atoms with E-state index in [0.29, 0.717) is 17.3 Å². The van der Waals surface area contributed by atoms with Crippen molar-refractivity contribution in [1.29, 1.82) is 0 Å². The number of aromatic nitrogens is 2. The van der Waals surface area contributed by atoms with Gasteiger partial charge in [0, 0.05) is 41.2 Å². The fourth-order valence-corrected chi connectivity index (χ4v) is 3.85. The van der Waals surface area contributed by atoms with Crippen LogP contribution in [0.5, 0.6) is 0 Å². The summed E-state index contributed by atoms with van der Waals surface area (Å²) in [5.74, 6) is -0.423. The van der Waals surface area contributed by atoms with Crippen LogP contribution in [0.25, 0.3) is 17.3 Å². The highest BCUT2D eigenvalue weighted by Crippen LogP contribution is 2.25. The SMILES string of the molecule is CNC(=O)Cc1ccccc1NC(=O)C=Cc1cn(Cc2ccccc2Cl)nc1-c1ccccc1. The first kappa shape index (κ1) is 24.0. The highest BCUT2D eigenvalue weighted by atomic mass is 35.5. The van der Waals surface area contributed by atoms with E-state index in [0.717, 1.165) is 27.9 Å². The first-order valence-electron chi connectivity index (χ1n) is 11.2. The second kappa shape index (κ2) is 11.3. The van der Waals surface area contributed by atoms with Crippen molar-refractivity contribution in [3.05, 3.63) is 113 Å². The van der Waals surface area contributed by atoms with Gasteiger partial charge in [-0.15, -0.1) is 0 Å². The van der Waals surface area contributed by atoms with Gasteiger partial charge in [0.1, 0.15) is 0 Å². The number of likely N-dealkylation sites (N-methyl/N-ethyl adjacent to an activating group) is 1. The predicted molar refractivity (Wildman–Crippen MR) is 140 cm³/mol. The first-order valence-corrected chi connectivity index (χ1v) is 11.5. The molecule has 4 rings (SSSR count). The minimum Gasteiger partial charge on any atom is -0.359 e. The van der Waals surface area contributed by atoms with Crippen LogP contribution >= 0.6 is 11.6 Å². The Kier molecular flexibility index (Phi) is 7.75. The van der Waals surface area contributed by atoms with Gasteiger partial charge in [0.25, 0.3) is 0 Å². The van der Waals surface area contributed by atoms with Gasteiger partial charge in [-0.25, -0.2) is 0 Å². The molecule has 0 aliphatic heterocycles. The van der Waals surface area contributed by atoms with E-state index < -0.39 is 0 Å². The summed E-state index contributed by atoms with van der Waals surface area (Å²) < 4.78 is 1.82. The molecule has 1 heterocycles. The standard InChI is InChI=1S/C28H25ClN4O2/c1-30-27(35)17-21-11-6-8-14-25(21)31-26(34)16-15-23-19-33(18-22-12-5-7-13-24(22)29)32-28(23)20-9-3-2-4-10-20/h2-16,19H,17-18H2,1H3,(H,30,35)(H,31,34). The zero-order valence-corrected chi connectivity index (χ0v) is 20.0. The van der Waals surface area contributed by atoms with Crippen LogP contribution in [0.1, 0.15) is 16.7 Å². The molecule has 2 N–H and O–H groups in total. The number of hydrogen-bond acceptors (Lipinski definition) is 3. The number of nitrogens with one attached hydrogen (secondary N) is 2. The molecule has 176 valence electrons. The second-order valence-corrected chi connectivity index (χ2v) is 8.32. The van der Waals surface area contributed by atoms with E-state index in [1.807, 2.05) is 83.7 Å². The third-order valence-electron chi connectivity index (χ3n) is 5.45. The Labute approximate surface area is 209 Å². The third kappa shape index (κ3) is 6.25. The normalized spacial score (nSPS) is 10.9. The van der Waals surface area contributed by atoms with Gasteiger partial charge < -0.3 is 10.6 Å². The summed E-state index contributed by atoms with van der Waals surface area (Å²) in [6.45, 7) is 0.506. The molecule has 0 aliphatic rings. The summed E-state index contributed by atoms with van der Waals surface area (Å²) in [5, 5.41) is 10.9. The highest BCUT2D eigenvalue weighted by molar-refractivity contribution is 6.31. The molecular formula is C28H25ClN4O2. The van der Waals surface area contributed by atoms with Crippen LogP contribution in [-0.4, -0.2) is 28.6 Å². The van der Waals surface area contributed by atoms with Crippen molar-refractivity contribution in [2.24, 2.45) is 0 Å². The molecule has 1 aromatic heterocycles. The monoisotopic (exact) mass is 484 g/mol. The highest BCUT2D eigenvalue weighted by Gasteiger charge is 2.12. The maximum atomic E-state index is 12.7. The number of nitrogens with zero attached hydrogens (tertiary/aromatic N) is 2. The average Bonchev–Trinajstić information content (AvgIpc) is 3.28. The van der Waals surface area contributed by atoms with E-state index in [2.05, 4.69) is 10.6 Å². The van der Waals surface area contributed by atoms with Crippen molar-refractivity contribution >= 4 is 35.2 Å². The molecule has 0 unspecified atom stereocenters. The number of amides is 2. The van der Waals surface area contributed by atoms with Crippen LogP contribution in [0.3, 0.4) is 0 Å². The van der Waals surface area contributed by atoms with E-state index in [-0.39, 0.29) is 18.2 Å². The van der Waals surface area contributed by atoms with E-state index >= 15 is 0 Å². The quantitative estimate of drug-likeness (QED) is 0.338. The molecule has 0 fully saturated rings. The predicted octanol–water partition coefficient (Wildman–Crippen LogP) is 5.19. The second-order valence-electron chi connectivity index (χ2n) is 7.92. The van der Waals surface area contributed by atoms with Crippen molar-refractivity contribution in [2.75, 3.05) is 12.4 Å². The number of halogens is 1. The van der Waals surface area contributed by atoms with Gasteiger partial charge in [-0.05, 0) is 29.3 Å². The number of benzene rings is 3. The Morgan fingerprint density at radius 3 is 2.37 bits per heavy atom. The van der Waals surface area contributed by atoms with Crippen LogP contribution in [0.4, 0.5) is 5.69 Å². The lowest BCUT2D eigenvalue weighted by Gasteiger charge is -2.09. The van der Waals surface area contributed by atoms with Crippen LogP contribution in [0.15, 0.2) is 91.1 Å². The molecule has 0 bridgehead atoms. The Morgan fingerprint density at radius 1 is 0.943 bits per heavy atom. The smallest absolute Gasteiger partial charge is 0.248 e. The van der Waals surface area contributed by atoms with Crippen LogP contribution in [0.2, 0.25) is 5.02 Å². The molecule has 0 saturated heterocycles. The van der Waals surface area contributed by atoms with E-state index in [1.54, 1.807) is 19.2 Å². The number of carbonyl (C=O) groups excluding carboxylic acids is 2. The van der Waals surface area contributed by atoms with Crippen molar-refractivity contribution in [1.82, 2.24) is 15.1 Å². The molecule has 0 radical (unpaired) electrons. The number of rotatable bonds is 8. The van der Waals surface area contributed by atoms with Crippen molar-refractivity contribution in [2.45, 2.75) is 13.0 Å². The lowest BCUT2D eigenvalue weighted by molar-refractivity contribution is -0.120. The molecule has 4 aromatic rings. The molecule has 0 atom stereocenters. The molecular weight excluding hydrogens is 460 g/mol. The zero-order valence-electron chi connectivity index (χ0n) is 19.2. The molecule has 35 heavy (non-hydrogen) atoms. The van der Waals surface area contributed by atoms with Crippen LogP contribution in [-0.2, 0) is 22.6 Å². The molecule has 7 heteroatoms. The van der Waals surface area contributed by atoms with Crippen LogP contribution in [0, 0.1) is 0 Å². The van der Waals surface area contributed by atoms with Gasteiger partial charge in [0.2, 0.25) is 11.8 Å². The van der Waals surface area contributed by atoms with E-state index in [1.165, 1.54) is 6.08 Å². The largest absolute Gasteiger partial charge is 0.359 e. The van der Waals surface area contributed by atoms with Crippen molar-refractivity contribution in [3.63, 3.8) is 0 Å². The molecule has 2 amide bonds. The van der Waals surface area contributed by atoms with Gasteiger partial charge in [0.05, 0.1) is 18.7 Å². The van der Waals surface area contributed by atoms with Crippen LogP contribution < -0.4 is 10.6 Å². The number of hydrogen-bond donors (Lipinski definition) is 2. The van der Waals surface area contributed by atoms with Gasteiger partial charge in [0.15, 0.2) is 0 Å². The number of anilines is 1. The zero-order chi connectivity index (χ0) is 24.6. The summed E-state index contributed by atoms with van der Waals surface area (Å²) in [6, 6.07) is 24.7. The summed E-state index contributed by atoms with van der Waals surface area (Å²) in [4.78, 5) is 24.5. The summed E-state index contributed by atoms with van der Waals surface area (Å²) in [7, 11) is 1.59. The average molecular weight is 485 g/mol. The van der Waals surface area contributed by atoms with Gasteiger partial charge in [-0.1, -0.05) is 78.3 Å². The minimum atomic E-state index is -0.299. The molecule has 0 saturated carbocycles. The lowest BCUT2D eigenvalue weighted by atomic mass is 10.1. The van der Waals surface area contributed by atoms with Gasteiger partial charge >= 0.3 is 0 Å². The molecule has 0 spiro atoms. The summed E-state index contributed by atoms with van der Waals surface area (Å²) >= 11 is 6.34. The van der Waals surface area contributed by atoms with Gasteiger partial charge in [-0.3, -0.25) is 14.3 Å². The lowest BCUT2D eigenvalue weighted by Crippen LogP contribution is -2.21. The maximum Gasteiger partial charge on any atom is 0.248 e. The van der Waals surface area contributed by atoms with E-state index in [9.17, 15) is 9.59 Å². The topological polar surface area (TPSA) is 76.0 Å². The molecule has 0 aliphatic carbocycles. The number of carbonyl (C=O) groups is 2. The van der Waals surface area contributed by atoms with Gasteiger partial charge in [-0.2, -0.15) is 5.10 Å². The Balaban J connectivity index is 1.58. The molecule has 3 aromatic carbocycles. The summed E-state index contributed by atoms with van der Waals surface area (Å²) in [5.41, 5.74) is 4.81. The van der Waals surface area contributed by atoms with E-state index in [4.69, 9.17) is 16.7 Å². The fourth-order valence-electron chi connectivity index (χ4n) is 3.66. The molecule has 6 nitrogen and oxygen atoms in total. The summed E-state index contributed by atoms with van der Waals surface area (Å²) in [6.07, 6.45) is 5.30. The Bertz CT molecular complexity index is 1360. The van der Waals surface area contributed by atoms with Crippen molar-refractivity contribution < 1.29 is 9.59 Å². The fraction of sp³-hybridized carbons (Fsp3) is 0.107. The van der Waals surface area contributed by atoms with Crippen molar-refractivity contribution in [3.8, 4) is 11.3 Å².